The molecule has 0 aromatic heterocycles. The van der Waals surface area contributed by atoms with E-state index in [2.05, 4.69) is 75.0 Å². The largest absolute Gasteiger partial charge is 4.00 e. The van der Waals surface area contributed by atoms with Crippen LogP contribution in [0.4, 0.5) is 0 Å². The summed E-state index contributed by atoms with van der Waals surface area (Å²) in [5.74, 6) is 0. The molecule has 5 nitrogen and oxygen atoms in total. The van der Waals surface area contributed by atoms with Gasteiger partial charge < -0.3 is 54.4 Å². The third-order valence-electron chi connectivity index (χ3n) is 24.6. The van der Waals surface area contributed by atoms with Crippen molar-refractivity contribution >= 4 is 0 Å². The first-order valence-corrected chi connectivity index (χ1v) is 50.6. The molecule has 0 rings (SSSR count). The van der Waals surface area contributed by atoms with Gasteiger partial charge in [-0.25, -0.2) is 0 Å². The van der Waals surface area contributed by atoms with Crippen molar-refractivity contribution in [3.63, 3.8) is 0 Å². The molecule has 110 heavy (non-hydrogen) atoms. The summed E-state index contributed by atoms with van der Waals surface area (Å²) in [7, 11) is 0. The molecule has 0 atom stereocenters. The number of halogens is 4. The first-order chi connectivity index (χ1) is 52.1. The standard InChI is InChI=1S/C100H206N4O.4ClH.Ti/c1-9-17-25-33-41-53-65-77-89-101(90-78-66-54-42-34-26-18-10-2)99(102(91-79-67-55-43-35-27-19-11-3)92-80-68-56-44-36-28-20-12-4)87-75-63-51-49-61-73-85-97-105-98-86-74-62-50-52-64-76-88-100(103(93-81-69-57-45-37-29-21-13-5)94-82-70-58-46-38-30-22-14-6)104(95-83-71-59-47-39-31-23-15-7)96-84-72-60-48-40-32-24-16-8;;;;;/h99-100H,9-98H2,1-8H3;4*1H;/q;;;;;+4/p-4. The summed E-state index contributed by atoms with van der Waals surface area (Å²) in [5.41, 5.74) is 0. The zero-order chi connectivity index (χ0) is 75.8. The van der Waals surface area contributed by atoms with Crippen LogP contribution in [0.15, 0.2) is 0 Å². The van der Waals surface area contributed by atoms with Crippen molar-refractivity contribution in [2.24, 2.45) is 0 Å². The number of hydrogen-bond donors (Lipinski definition) is 0. The van der Waals surface area contributed by atoms with E-state index in [1.54, 1.807) is 0 Å². The van der Waals surface area contributed by atoms with Crippen LogP contribution in [-0.2, 0) is 26.5 Å². The average Bonchev–Trinajstić information content (AvgIpc) is 0.878. The molecule has 0 saturated carbocycles. The van der Waals surface area contributed by atoms with Crippen LogP contribution in [0.3, 0.4) is 0 Å². The van der Waals surface area contributed by atoms with E-state index in [0.29, 0.717) is 12.3 Å². The van der Waals surface area contributed by atoms with Gasteiger partial charge in [-0.15, -0.1) is 0 Å². The summed E-state index contributed by atoms with van der Waals surface area (Å²) in [6.07, 6.45) is 115. The van der Waals surface area contributed by atoms with Crippen molar-refractivity contribution in [2.45, 2.75) is 581 Å². The number of ether oxygens (including phenoxy) is 1. The van der Waals surface area contributed by atoms with E-state index in [4.69, 9.17) is 4.74 Å². The van der Waals surface area contributed by atoms with Gasteiger partial charge in [0.1, 0.15) is 0 Å². The Morgan fingerprint density at radius 1 is 0.145 bits per heavy atom. The molecule has 0 aliphatic rings. The molecule has 0 saturated heterocycles. The van der Waals surface area contributed by atoms with Gasteiger partial charge in [-0.05, 0) is 129 Å². The maximum absolute atomic E-state index is 6.34. The molecule has 0 amide bonds. The Labute approximate surface area is 737 Å². The summed E-state index contributed by atoms with van der Waals surface area (Å²) in [6, 6.07) is 0. The molecule has 0 heterocycles. The van der Waals surface area contributed by atoms with Gasteiger partial charge in [-0.2, -0.15) is 0 Å². The van der Waals surface area contributed by atoms with Crippen molar-refractivity contribution in [1.29, 1.82) is 0 Å². The third-order valence-corrected chi connectivity index (χ3v) is 24.6. The monoisotopic (exact) mass is 1670 g/mol. The molecule has 0 radical (unpaired) electrons. The van der Waals surface area contributed by atoms with Crippen molar-refractivity contribution in [3.05, 3.63) is 0 Å². The third kappa shape index (κ3) is 90.4. The van der Waals surface area contributed by atoms with Crippen molar-refractivity contribution in [1.82, 2.24) is 19.6 Å². The molecular weight excluding hydrogens is 1460 g/mol. The van der Waals surface area contributed by atoms with Crippen molar-refractivity contribution < 1.29 is 76.1 Å². The van der Waals surface area contributed by atoms with Crippen LogP contribution in [0.25, 0.3) is 0 Å². The molecule has 0 aliphatic carbocycles. The molecule has 10 heteroatoms. The Bertz CT molecular complexity index is 1270. The predicted molar refractivity (Wildman–Crippen MR) is 479 cm³/mol. The summed E-state index contributed by atoms with van der Waals surface area (Å²) in [5, 5.41) is 0. The van der Waals surface area contributed by atoms with Gasteiger partial charge in [0.15, 0.2) is 0 Å². The number of unbranched alkanes of at least 4 members (excludes halogenated alkanes) is 68. The maximum atomic E-state index is 6.34. The average molecular weight is 1670 g/mol. The van der Waals surface area contributed by atoms with Crippen LogP contribution in [0.5, 0.6) is 0 Å². The van der Waals surface area contributed by atoms with E-state index in [1.807, 2.05) is 0 Å². The molecule has 0 aromatic rings. The fourth-order valence-corrected chi connectivity index (χ4v) is 17.4. The second kappa shape index (κ2) is 109. The van der Waals surface area contributed by atoms with E-state index < -0.39 is 0 Å². The Balaban J connectivity index is -0.00000541. The number of nitrogens with zero attached hydrogens (tertiary/aromatic N) is 4. The molecule has 0 bridgehead atoms. The zero-order valence-corrected chi connectivity index (χ0v) is 81.6. The van der Waals surface area contributed by atoms with Crippen LogP contribution in [-0.4, -0.2) is 97.5 Å². The minimum atomic E-state index is 0. The van der Waals surface area contributed by atoms with Crippen LogP contribution >= 0.6 is 0 Å². The topological polar surface area (TPSA) is 22.2 Å². The van der Waals surface area contributed by atoms with Crippen LogP contribution < -0.4 is 49.6 Å². The van der Waals surface area contributed by atoms with Gasteiger partial charge in [0.25, 0.3) is 0 Å². The Kier molecular flexibility index (Phi) is 121. The molecule has 0 aromatic carbocycles. The molecule has 0 N–H and O–H groups in total. The van der Waals surface area contributed by atoms with Gasteiger partial charge >= 0.3 is 21.7 Å². The van der Waals surface area contributed by atoms with E-state index in [-0.39, 0.29) is 71.3 Å². The van der Waals surface area contributed by atoms with Crippen LogP contribution in [0.2, 0.25) is 0 Å². The maximum Gasteiger partial charge on any atom is 4.00 e. The molecular formula is C100H206Cl4N4OTi. The van der Waals surface area contributed by atoms with Gasteiger partial charge in [-0.3, -0.25) is 19.6 Å². The van der Waals surface area contributed by atoms with E-state index in [0.717, 1.165) is 13.2 Å². The van der Waals surface area contributed by atoms with Crippen molar-refractivity contribution in [3.8, 4) is 0 Å². The van der Waals surface area contributed by atoms with Gasteiger partial charge in [-0.1, -0.05) is 492 Å². The summed E-state index contributed by atoms with van der Waals surface area (Å²) in [6.45, 7) is 31.5. The number of hydrogen-bond acceptors (Lipinski definition) is 5. The van der Waals surface area contributed by atoms with Gasteiger partial charge in [0, 0.05) is 13.2 Å². The minimum absolute atomic E-state index is 0. The second-order valence-electron chi connectivity index (χ2n) is 35.0. The summed E-state index contributed by atoms with van der Waals surface area (Å²) < 4.78 is 6.34. The first-order valence-electron chi connectivity index (χ1n) is 50.6. The first kappa shape index (κ1) is 122. The van der Waals surface area contributed by atoms with Crippen LogP contribution in [0.1, 0.15) is 569 Å². The Hall–Kier alpha value is 1.67. The minimum Gasteiger partial charge on any atom is -1.00 e. The van der Waals surface area contributed by atoms with E-state index in [9.17, 15) is 0 Å². The summed E-state index contributed by atoms with van der Waals surface area (Å²) in [4.78, 5) is 12.4. The van der Waals surface area contributed by atoms with Gasteiger partial charge in [0.05, 0.1) is 12.3 Å². The molecule has 0 fully saturated rings. The fraction of sp³-hybridized carbons (Fsp3) is 1.00. The quantitative estimate of drug-likeness (QED) is 0.0343. The fourth-order valence-electron chi connectivity index (χ4n) is 17.4. The number of rotatable bonds is 96. The predicted octanol–water partition coefficient (Wildman–Crippen LogP) is 22.2. The second-order valence-corrected chi connectivity index (χ2v) is 35.0. The van der Waals surface area contributed by atoms with Gasteiger partial charge in [0.2, 0.25) is 0 Å². The normalized spacial score (nSPS) is 11.6. The summed E-state index contributed by atoms with van der Waals surface area (Å²) >= 11 is 0. The SMILES string of the molecule is CCCCCCCCCCN(CCCCCCCCCC)C(CCCCCCCCCOCCCCCCCCCC(N(CCCCCCCCCC)CCCCCCCCCC)N(CCCCCCCCCC)CCCCCCCCCC)N(CCCCCCCCCC)CCCCCCCCCC.[Cl-].[Cl-].[Cl-].[Cl-].[Ti+4]. The van der Waals surface area contributed by atoms with E-state index >= 15 is 0 Å². The Morgan fingerprint density at radius 2 is 0.255 bits per heavy atom. The zero-order valence-electron chi connectivity index (χ0n) is 77.0. The molecule has 0 spiro atoms. The van der Waals surface area contributed by atoms with Crippen LogP contribution in [0, 0.1) is 0 Å². The smallest absolute Gasteiger partial charge is 1.00 e. The Morgan fingerprint density at radius 3 is 0.391 bits per heavy atom. The molecule has 664 valence electrons. The van der Waals surface area contributed by atoms with E-state index in [1.165, 1.54) is 566 Å². The molecule has 0 aliphatic heterocycles. The van der Waals surface area contributed by atoms with Crippen molar-refractivity contribution in [2.75, 3.05) is 65.6 Å². The molecule has 0 unspecified atom stereocenters.